The Morgan fingerprint density at radius 1 is 1.33 bits per heavy atom. The van der Waals surface area contributed by atoms with Crippen molar-refractivity contribution in [2.24, 2.45) is 0 Å². The van der Waals surface area contributed by atoms with Gasteiger partial charge in [-0.15, -0.1) is 0 Å². The molecule has 0 unspecified atom stereocenters. The van der Waals surface area contributed by atoms with E-state index >= 15 is 0 Å². The predicted molar refractivity (Wildman–Crippen MR) is 85.1 cm³/mol. The topological polar surface area (TPSA) is 94.2 Å². The fourth-order valence-electron chi connectivity index (χ4n) is 1.97. The zero-order valence-corrected chi connectivity index (χ0v) is 13.2. The smallest absolute Gasteiger partial charge is 0.359 e. The molecule has 24 heavy (non-hydrogen) atoms. The molecule has 0 saturated carbocycles. The highest BCUT2D eigenvalue weighted by Crippen LogP contribution is 2.17. The molecule has 7 heteroatoms. The summed E-state index contributed by atoms with van der Waals surface area (Å²) in [6.07, 6.45) is 2.80. The highest BCUT2D eigenvalue weighted by molar-refractivity contribution is 6.00. The first-order valence-corrected chi connectivity index (χ1v) is 7.13. The Labute approximate surface area is 138 Å². The van der Waals surface area contributed by atoms with Gasteiger partial charge in [0.25, 0.3) is 0 Å². The second kappa shape index (κ2) is 7.74. The second-order valence-electron chi connectivity index (χ2n) is 4.60. The molecule has 7 nitrogen and oxygen atoms in total. The standard InChI is InChI=1S/C17H15N3O4/c1-3-24-17(22)15-13(9-12(10-18)16(21)23-2)11-20(19-15)14-7-5-4-6-8-14/h4-9,11H,3H2,1-2H3/b12-9+. The van der Waals surface area contributed by atoms with Crippen molar-refractivity contribution in [3.8, 4) is 11.8 Å². The maximum Gasteiger partial charge on any atom is 0.359 e. The molecule has 0 aliphatic carbocycles. The summed E-state index contributed by atoms with van der Waals surface area (Å²) in [6.45, 7) is 1.86. The van der Waals surface area contributed by atoms with E-state index in [9.17, 15) is 9.59 Å². The third-order valence-corrected chi connectivity index (χ3v) is 3.06. The number of ether oxygens (including phenoxy) is 2. The number of hydrogen-bond donors (Lipinski definition) is 0. The van der Waals surface area contributed by atoms with Crippen LogP contribution >= 0.6 is 0 Å². The lowest BCUT2D eigenvalue weighted by Gasteiger charge is -2.00. The average molecular weight is 325 g/mol. The summed E-state index contributed by atoms with van der Waals surface area (Å²) in [6, 6.07) is 10.9. The van der Waals surface area contributed by atoms with Crippen LogP contribution in [0.15, 0.2) is 42.1 Å². The fraction of sp³-hybridized carbons (Fsp3) is 0.176. The average Bonchev–Trinajstić information content (AvgIpc) is 3.04. The van der Waals surface area contributed by atoms with Crippen LogP contribution in [0.5, 0.6) is 0 Å². The quantitative estimate of drug-likeness (QED) is 0.475. The Morgan fingerprint density at radius 2 is 2.04 bits per heavy atom. The number of nitrogens with zero attached hydrogens (tertiary/aromatic N) is 3. The number of carbonyl (C=O) groups excluding carboxylic acids is 2. The van der Waals surface area contributed by atoms with Gasteiger partial charge in [0.1, 0.15) is 11.6 Å². The molecule has 0 N–H and O–H groups in total. The number of rotatable bonds is 5. The molecule has 0 radical (unpaired) electrons. The SMILES string of the molecule is CCOC(=O)c1nn(-c2ccccc2)cc1/C=C(\C#N)C(=O)OC. The van der Waals surface area contributed by atoms with Crippen LogP contribution in [0.2, 0.25) is 0 Å². The van der Waals surface area contributed by atoms with E-state index in [2.05, 4.69) is 9.84 Å². The first-order chi connectivity index (χ1) is 11.6. The van der Waals surface area contributed by atoms with Gasteiger partial charge in [0, 0.05) is 11.8 Å². The molecule has 0 aliphatic rings. The highest BCUT2D eigenvalue weighted by Gasteiger charge is 2.19. The summed E-state index contributed by atoms with van der Waals surface area (Å²) in [5.41, 5.74) is 0.784. The van der Waals surface area contributed by atoms with E-state index in [0.717, 1.165) is 5.69 Å². The lowest BCUT2D eigenvalue weighted by molar-refractivity contribution is -0.135. The summed E-state index contributed by atoms with van der Waals surface area (Å²) in [5.74, 6) is -1.43. The summed E-state index contributed by atoms with van der Waals surface area (Å²) in [5, 5.41) is 13.3. The molecule has 2 rings (SSSR count). The van der Waals surface area contributed by atoms with Crippen LogP contribution in [0, 0.1) is 11.3 Å². The van der Waals surface area contributed by atoms with Gasteiger partial charge in [0.05, 0.1) is 19.4 Å². The van der Waals surface area contributed by atoms with Crippen LogP contribution in [-0.4, -0.2) is 35.4 Å². The van der Waals surface area contributed by atoms with E-state index in [4.69, 9.17) is 10.00 Å². The minimum Gasteiger partial charge on any atom is -0.465 e. The van der Waals surface area contributed by atoms with Gasteiger partial charge >= 0.3 is 11.9 Å². The van der Waals surface area contributed by atoms with Crippen molar-refractivity contribution >= 4 is 18.0 Å². The molecule has 1 aromatic carbocycles. The normalized spacial score (nSPS) is 10.8. The van der Waals surface area contributed by atoms with Crippen molar-refractivity contribution in [3.63, 3.8) is 0 Å². The zero-order chi connectivity index (χ0) is 17.5. The Hall–Kier alpha value is -3.40. The number of nitriles is 1. The predicted octanol–water partition coefficient (Wildman–Crippen LogP) is 2.13. The molecule has 0 amide bonds. The summed E-state index contributed by atoms with van der Waals surface area (Å²) in [7, 11) is 1.17. The zero-order valence-electron chi connectivity index (χ0n) is 13.2. The molecule has 2 aromatic rings. The molecular formula is C17H15N3O4. The maximum absolute atomic E-state index is 12.1. The Morgan fingerprint density at radius 3 is 2.62 bits per heavy atom. The van der Waals surface area contributed by atoms with Crippen molar-refractivity contribution in [1.82, 2.24) is 9.78 Å². The van der Waals surface area contributed by atoms with Crippen molar-refractivity contribution in [2.45, 2.75) is 6.92 Å². The molecule has 0 fully saturated rings. The van der Waals surface area contributed by atoms with Crippen molar-refractivity contribution in [2.75, 3.05) is 13.7 Å². The molecule has 0 saturated heterocycles. The lowest BCUT2D eigenvalue weighted by Crippen LogP contribution is -2.08. The Bertz CT molecular complexity index is 816. The van der Waals surface area contributed by atoms with Crippen LogP contribution < -0.4 is 0 Å². The van der Waals surface area contributed by atoms with Crippen LogP contribution in [0.4, 0.5) is 0 Å². The van der Waals surface area contributed by atoms with E-state index in [-0.39, 0.29) is 17.9 Å². The van der Waals surface area contributed by atoms with Gasteiger partial charge in [-0.05, 0) is 25.1 Å². The molecule has 0 spiro atoms. The molecule has 1 heterocycles. The van der Waals surface area contributed by atoms with Gasteiger partial charge in [-0.25, -0.2) is 14.3 Å². The summed E-state index contributed by atoms with van der Waals surface area (Å²) < 4.78 is 11.0. The summed E-state index contributed by atoms with van der Waals surface area (Å²) in [4.78, 5) is 23.7. The molecule has 1 aromatic heterocycles. The second-order valence-corrected chi connectivity index (χ2v) is 4.60. The third-order valence-electron chi connectivity index (χ3n) is 3.06. The van der Waals surface area contributed by atoms with Gasteiger partial charge < -0.3 is 9.47 Å². The van der Waals surface area contributed by atoms with Gasteiger partial charge in [-0.1, -0.05) is 18.2 Å². The highest BCUT2D eigenvalue weighted by atomic mass is 16.5. The van der Waals surface area contributed by atoms with E-state index in [1.807, 2.05) is 18.2 Å². The van der Waals surface area contributed by atoms with Crippen molar-refractivity contribution in [1.29, 1.82) is 5.26 Å². The van der Waals surface area contributed by atoms with E-state index < -0.39 is 11.9 Å². The minimum absolute atomic E-state index is 0.0114. The largest absolute Gasteiger partial charge is 0.465 e. The number of carbonyl (C=O) groups is 2. The number of para-hydroxylation sites is 1. The number of benzene rings is 1. The number of hydrogen-bond acceptors (Lipinski definition) is 6. The third kappa shape index (κ3) is 3.67. The number of esters is 2. The van der Waals surface area contributed by atoms with Crippen LogP contribution in [0.25, 0.3) is 11.8 Å². The molecule has 0 bridgehead atoms. The number of methoxy groups -OCH3 is 1. The van der Waals surface area contributed by atoms with Crippen LogP contribution in [-0.2, 0) is 14.3 Å². The minimum atomic E-state index is -0.792. The molecule has 122 valence electrons. The van der Waals surface area contributed by atoms with E-state index in [1.54, 1.807) is 31.3 Å². The molecular weight excluding hydrogens is 310 g/mol. The van der Waals surface area contributed by atoms with Crippen LogP contribution in [0.3, 0.4) is 0 Å². The van der Waals surface area contributed by atoms with Gasteiger partial charge in [0.2, 0.25) is 0 Å². The van der Waals surface area contributed by atoms with Gasteiger partial charge in [-0.2, -0.15) is 10.4 Å². The van der Waals surface area contributed by atoms with E-state index in [1.165, 1.54) is 17.9 Å². The van der Waals surface area contributed by atoms with Crippen molar-refractivity contribution in [3.05, 3.63) is 53.4 Å². The molecule has 0 aliphatic heterocycles. The Balaban J connectivity index is 2.54. The Kier molecular flexibility index (Phi) is 5.47. The number of aromatic nitrogens is 2. The fourth-order valence-corrected chi connectivity index (χ4v) is 1.97. The lowest BCUT2D eigenvalue weighted by atomic mass is 10.1. The molecule has 0 atom stereocenters. The maximum atomic E-state index is 12.1. The first-order valence-electron chi connectivity index (χ1n) is 7.13. The first kappa shape index (κ1) is 17.0. The monoisotopic (exact) mass is 325 g/mol. The van der Waals surface area contributed by atoms with Gasteiger partial charge in [-0.3, -0.25) is 0 Å². The van der Waals surface area contributed by atoms with Crippen molar-refractivity contribution < 1.29 is 19.1 Å². The van der Waals surface area contributed by atoms with Gasteiger partial charge in [0.15, 0.2) is 5.69 Å². The summed E-state index contributed by atoms with van der Waals surface area (Å²) >= 11 is 0. The van der Waals surface area contributed by atoms with E-state index in [0.29, 0.717) is 5.56 Å². The van der Waals surface area contributed by atoms with Crippen LogP contribution in [0.1, 0.15) is 23.0 Å².